The molecule has 134 valence electrons. The van der Waals surface area contributed by atoms with Crippen molar-refractivity contribution in [3.63, 3.8) is 0 Å². The maximum absolute atomic E-state index is 12.1. The SMILES string of the molecule is C=CC(=O)Nc1ccc(CCC(=O)NC2CCN(C(C)=O)CC2)cc1. The molecule has 2 rings (SSSR count). The van der Waals surface area contributed by atoms with Gasteiger partial charge in [-0.3, -0.25) is 14.4 Å². The first-order chi connectivity index (χ1) is 12.0. The second kappa shape index (κ2) is 9.01. The highest BCUT2D eigenvalue weighted by atomic mass is 16.2. The Morgan fingerprint density at radius 3 is 2.40 bits per heavy atom. The number of amides is 3. The number of rotatable bonds is 6. The Morgan fingerprint density at radius 1 is 1.20 bits per heavy atom. The van der Waals surface area contributed by atoms with Gasteiger partial charge in [0.25, 0.3) is 0 Å². The fourth-order valence-electron chi connectivity index (χ4n) is 2.84. The molecule has 1 saturated heterocycles. The first-order valence-corrected chi connectivity index (χ1v) is 8.55. The summed E-state index contributed by atoms with van der Waals surface area (Å²) in [6, 6.07) is 7.58. The third-order valence-corrected chi connectivity index (χ3v) is 4.35. The van der Waals surface area contributed by atoms with Crippen molar-refractivity contribution in [3.05, 3.63) is 42.5 Å². The highest BCUT2D eigenvalue weighted by Crippen LogP contribution is 2.13. The summed E-state index contributed by atoms with van der Waals surface area (Å²) < 4.78 is 0. The van der Waals surface area contributed by atoms with Gasteiger partial charge < -0.3 is 15.5 Å². The average molecular weight is 343 g/mol. The molecule has 1 aromatic rings. The van der Waals surface area contributed by atoms with E-state index in [0.717, 1.165) is 18.4 Å². The number of carbonyl (C=O) groups is 3. The van der Waals surface area contributed by atoms with Gasteiger partial charge in [0, 0.05) is 38.2 Å². The van der Waals surface area contributed by atoms with Crippen LogP contribution in [0.1, 0.15) is 31.7 Å². The molecule has 0 aromatic heterocycles. The zero-order chi connectivity index (χ0) is 18.2. The number of aryl methyl sites for hydroxylation is 1. The molecule has 2 N–H and O–H groups in total. The fourth-order valence-corrected chi connectivity index (χ4v) is 2.84. The highest BCUT2D eigenvalue weighted by Gasteiger charge is 2.21. The summed E-state index contributed by atoms with van der Waals surface area (Å²) in [5.41, 5.74) is 1.74. The van der Waals surface area contributed by atoms with E-state index in [-0.39, 0.29) is 23.8 Å². The van der Waals surface area contributed by atoms with Crippen LogP contribution in [0.4, 0.5) is 5.69 Å². The monoisotopic (exact) mass is 343 g/mol. The van der Waals surface area contributed by atoms with Gasteiger partial charge in [0.15, 0.2) is 0 Å². The number of nitrogens with zero attached hydrogens (tertiary/aromatic N) is 1. The lowest BCUT2D eigenvalue weighted by Crippen LogP contribution is -2.46. The van der Waals surface area contributed by atoms with Crippen molar-refractivity contribution in [2.24, 2.45) is 0 Å². The molecular weight excluding hydrogens is 318 g/mol. The van der Waals surface area contributed by atoms with Crippen LogP contribution < -0.4 is 10.6 Å². The Morgan fingerprint density at radius 2 is 1.84 bits per heavy atom. The van der Waals surface area contributed by atoms with E-state index in [9.17, 15) is 14.4 Å². The van der Waals surface area contributed by atoms with Crippen LogP contribution in [0.3, 0.4) is 0 Å². The van der Waals surface area contributed by atoms with Gasteiger partial charge in [0.2, 0.25) is 17.7 Å². The summed E-state index contributed by atoms with van der Waals surface area (Å²) in [4.78, 5) is 36.4. The molecule has 6 nitrogen and oxygen atoms in total. The molecule has 1 fully saturated rings. The van der Waals surface area contributed by atoms with Crippen LogP contribution in [-0.2, 0) is 20.8 Å². The molecule has 3 amide bonds. The van der Waals surface area contributed by atoms with Crippen LogP contribution >= 0.6 is 0 Å². The number of hydrogen-bond acceptors (Lipinski definition) is 3. The molecule has 0 atom stereocenters. The van der Waals surface area contributed by atoms with Crippen LogP contribution in [0.5, 0.6) is 0 Å². The Labute approximate surface area is 148 Å². The topological polar surface area (TPSA) is 78.5 Å². The number of nitrogens with one attached hydrogen (secondary N) is 2. The lowest BCUT2D eigenvalue weighted by molar-refractivity contribution is -0.130. The first-order valence-electron chi connectivity index (χ1n) is 8.55. The van der Waals surface area contributed by atoms with Crippen molar-refractivity contribution in [1.82, 2.24) is 10.2 Å². The largest absolute Gasteiger partial charge is 0.353 e. The maximum Gasteiger partial charge on any atom is 0.247 e. The van der Waals surface area contributed by atoms with Gasteiger partial charge >= 0.3 is 0 Å². The molecule has 0 spiro atoms. The van der Waals surface area contributed by atoms with Gasteiger partial charge in [-0.25, -0.2) is 0 Å². The minimum absolute atomic E-state index is 0.0327. The summed E-state index contributed by atoms with van der Waals surface area (Å²) in [6.45, 7) is 6.40. The number of carbonyl (C=O) groups excluding carboxylic acids is 3. The molecule has 0 saturated carbocycles. The van der Waals surface area contributed by atoms with E-state index < -0.39 is 0 Å². The van der Waals surface area contributed by atoms with Gasteiger partial charge in [-0.15, -0.1) is 0 Å². The highest BCUT2D eigenvalue weighted by molar-refractivity contribution is 5.98. The molecule has 0 radical (unpaired) electrons. The summed E-state index contributed by atoms with van der Waals surface area (Å²) in [5, 5.41) is 5.73. The van der Waals surface area contributed by atoms with Crippen LogP contribution in [0, 0.1) is 0 Å². The van der Waals surface area contributed by atoms with Crippen molar-refractivity contribution in [3.8, 4) is 0 Å². The molecule has 1 aromatic carbocycles. The van der Waals surface area contributed by atoms with Gasteiger partial charge in [-0.1, -0.05) is 18.7 Å². The molecule has 25 heavy (non-hydrogen) atoms. The van der Waals surface area contributed by atoms with Crippen LogP contribution in [-0.4, -0.2) is 41.8 Å². The van der Waals surface area contributed by atoms with E-state index in [1.807, 2.05) is 29.2 Å². The normalized spacial score (nSPS) is 14.7. The van der Waals surface area contributed by atoms with Gasteiger partial charge in [0.05, 0.1) is 0 Å². The molecule has 1 aliphatic heterocycles. The number of anilines is 1. The van der Waals surface area contributed by atoms with Crippen LogP contribution in [0.25, 0.3) is 0 Å². The van der Waals surface area contributed by atoms with Crippen molar-refractivity contribution < 1.29 is 14.4 Å². The summed E-state index contributed by atoms with van der Waals surface area (Å²) >= 11 is 0. The minimum atomic E-state index is -0.247. The van der Waals surface area contributed by atoms with E-state index >= 15 is 0 Å². The predicted molar refractivity (Wildman–Crippen MR) is 97.0 cm³/mol. The Bertz CT molecular complexity index is 632. The third kappa shape index (κ3) is 6.06. The smallest absolute Gasteiger partial charge is 0.247 e. The van der Waals surface area contributed by atoms with E-state index in [1.165, 1.54) is 6.08 Å². The zero-order valence-corrected chi connectivity index (χ0v) is 14.6. The molecule has 0 bridgehead atoms. The zero-order valence-electron chi connectivity index (χ0n) is 14.6. The molecule has 0 aliphatic carbocycles. The molecular formula is C19H25N3O3. The van der Waals surface area contributed by atoms with Crippen molar-refractivity contribution in [2.45, 2.75) is 38.6 Å². The van der Waals surface area contributed by atoms with Gasteiger partial charge in [-0.05, 0) is 43.0 Å². The van der Waals surface area contributed by atoms with Crippen molar-refractivity contribution in [1.29, 1.82) is 0 Å². The number of likely N-dealkylation sites (tertiary alicyclic amines) is 1. The first kappa shape index (κ1) is 18.7. The van der Waals surface area contributed by atoms with E-state index in [2.05, 4.69) is 17.2 Å². The maximum atomic E-state index is 12.1. The van der Waals surface area contributed by atoms with Gasteiger partial charge in [0.1, 0.15) is 0 Å². The Balaban J connectivity index is 1.72. The third-order valence-electron chi connectivity index (χ3n) is 4.35. The summed E-state index contributed by atoms with van der Waals surface area (Å²) in [5.74, 6) is -0.120. The number of hydrogen-bond donors (Lipinski definition) is 2. The predicted octanol–water partition coefficient (Wildman–Crippen LogP) is 1.87. The second-order valence-corrected chi connectivity index (χ2v) is 6.24. The minimum Gasteiger partial charge on any atom is -0.353 e. The summed E-state index contributed by atoms with van der Waals surface area (Å²) in [6.07, 6.45) is 3.91. The van der Waals surface area contributed by atoms with Crippen LogP contribution in [0.2, 0.25) is 0 Å². The Kier molecular flexibility index (Phi) is 6.74. The molecule has 0 unspecified atom stereocenters. The fraction of sp³-hybridized carbons (Fsp3) is 0.421. The lowest BCUT2D eigenvalue weighted by Gasteiger charge is -2.31. The van der Waals surface area contributed by atoms with Crippen LogP contribution in [0.15, 0.2) is 36.9 Å². The van der Waals surface area contributed by atoms with Crippen molar-refractivity contribution >= 4 is 23.4 Å². The van der Waals surface area contributed by atoms with Gasteiger partial charge in [-0.2, -0.15) is 0 Å². The standard InChI is InChI=1S/C19H25N3O3/c1-3-18(24)20-16-7-4-15(5-8-16)6-9-19(25)21-17-10-12-22(13-11-17)14(2)23/h3-5,7-8,17H,1,6,9-13H2,2H3,(H,20,24)(H,21,25). The number of piperidine rings is 1. The van der Waals surface area contributed by atoms with E-state index in [0.29, 0.717) is 31.6 Å². The quantitative estimate of drug-likeness (QED) is 0.774. The van der Waals surface area contributed by atoms with E-state index in [1.54, 1.807) is 6.92 Å². The average Bonchev–Trinajstić information content (AvgIpc) is 2.61. The van der Waals surface area contributed by atoms with E-state index in [4.69, 9.17) is 0 Å². The summed E-state index contributed by atoms with van der Waals surface area (Å²) in [7, 11) is 0. The Hall–Kier alpha value is -2.63. The molecule has 1 aliphatic rings. The molecule has 1 heterocycles. The van der Waals surface area contributed by atoms with Crippen molar-refractivity contribution in [2.75, 3.05) is 18.4 Å². The lowest BCUT2D eigenvalue weighted by atomic mass is 10.0. The number of benzene rings is 1. The second-order valence-electron chi connectivity index (χ2n) is 6.24. The molecule has 6 heteroatoms.